The molecule has 1 unspecified atom stereocenters. The van der Waals surface area contributed by atoms with E-state index in [1.54, 1.807) is 23.0 Å². The zero-order valence-corrected chi connectivity index (χ0v) is 19.4. The highest BCUT2D eigenvalue weighted by Gasteiger charge is 2.30. The summed E-state index contributed by atoms with van der Waals surface area (Å²) < 4.78 is 29.1. The van der Waals surface area contributed by atoms with Crippen molar-refractivity contribution in [3.8, 4) is 5.69 Å². The molecule has 0 saturated carbocycles. The summed E-state index contributed by atoms with van der Waals surface area (Å²) in [5.41, 5.74) is 1.91. The molecule has 0 radical (unpaired) electrons. The zero-order valence-electron chi connectivity index (χ0n) is 18.5. The highest BCUT2D eigenvalue weighted by molar-refractivity contribution is 7.89. The minimum Gasteiger partial charge on any atom is -0.362 e. The van der Waals surface area contributed by atoms with Gasteiger partial charge in [-0.2, -0.15) is 9.40 Å². The van der Waals surface area contributed by atoms with Gasteiger partial charge in [0.1, 0.15) is 18.3 Å². The van der Waals surface area contributed by atoms with E-state index >= 15 is 0 Å². The van der Waals surface area contributed by atoms with Gasteiger partial charge >= 0.3 is 0 Å². The second-order valence-corrected chi connectivity index (χ2v) is 10.0. The Morgan fingerprint density at radius 3 is 2.39 bits per heavy atom. The minimum absolute atomic E-state index is 0.0434. The molecule has 10 nitrogen and oxygen atoms in total. The number of rotatable bonds is 7. The van der Waals surface area contributed by atoms with Crippen LogP contribution in [0.25, 0.3) is 5.69 Å². The van der Waals surface area contributed by atoms with Crippen molar-refractivity contribution in [2.75, 3.05) is 25.0 Å². The Hall–Kier alpha value is -3.31. The lowest BCUT2D eigenvalue weighted by molar-refractivity contribution is -0.384. The fourth-order valence-electron chi connectivity index (χ4n) is 4.04. The van der Waals surface area contributed by atoms with Crippen molar-refractivity contribution in [2.45, 2.75) is 37.1 Å². The molecule has 2 heterocycles. The van der Waals surface area contributed by atoms with Crippen LogP contribution < -0.4 is 4.90 Å². The average molecular weight is 471 g/mol. The quantitative estimate of drug-likeness (QED) is 0.383. The number of sulfonamides is 1. The summed E-state index contributed by atoms with van der Waals surface area (Å²) in [5, 5.41) is 16.0. The number of nitro benzene ring substituents is 1. The Morgan fingerprint density at radius 2 is 1.79 bits per heavy atom. The van der Waals surface area contributed by atoms with Crippen LogP contribution in [0.2, 0.25) is 0 Å². The molecule has 1 aromatic heterocycles. The second-order valence-electron chi connectivity index (χ2n) is 8.09. The van der Waals surface area contributed by atoms with E-state index in [1.807, 2.05) is 31.2 Å². The number of nitrogens with zero attached hydrogens (tertiary/aromatic N) is 6. The van der Waals surface area contributed by atoms with Crippen LogP contribution in [0.5, 0.6) is 0 Å². The number of hydrogen-bond acceptors (Lipinski definition) is 7. The first-order chi connectivity index (χ1) is 15.8. The number of aromatic nitrogens is 3. The fraction of sp³-hybridized carbons (Fsp3) is 0.364. The molecule has 0 N–H and O–H groups in total. The lowest BCUT2D eigenvalue weighted by atomic mass is 10.1. The Morgan fingerprint density at radius 1 is 1.09 bits per heavy atom. The van der Waals surface area contributed by atoms with E-state index in [4.69, 9.17) is 0 Å². The van der Waals surface area contributed by atoms with Crippen molar-refractivity contribution in [2.24, 2.45) is 0 Å². The van der Waals surface area contributed by atoms with E-state index in [9.17, 15) is 18.5 Å². The summed E-state index contributed by atoms with van der Waals surface area (Å²) >= 11 is 0. The predicted molar refractivity (Wildman–Crippen MR) is 124 cm³/mol. The van der Waals surface area contributed by atoms with Gasteiger partial charge in [0.2, 0.25) is 10.0 Å². The molecule has 0 aliphatic carbocycles. The first-order valence-electron chi connectivity index (χ1n) is 10.8. The van der Waals surface area contributed by atoms with Gasteiger partial charge in [0.05, 0.1) is 21.5 Å². The van der Waals surface area contributed by atoms with Gasteiger partial charge < -0.3 is 4.90 Å². The van der Waals surface area contributed by atoms with Gasteiger partial charge in [-0.15, -0.1) is 0 Å². The maximum absolute atomic E-state index is 13.0. The van der Waals surface area contributed by atoms with Gasteiger partial charge in [-0.1, -0.05) is 18.6 Å². The largest absolute Gasteiger partial charge is 0.362 e. The number of hydrogen-bond donors (Lipinski definition) is 0. The normalized spacial score (nSPS) is 15.8. The molecule has 1 aliphatic heterocycles. The Kier molecular flexibility index (Phi) is 6.43. The maximum Gasteiger partial charge on any atom is 0.293 e. The Labute approximate surface area is 192 Å². The van der Waals surface area contributed by atoms with Crippen molar-refractivity contribution >= 4 is 21.4 Å². The molecule has 1 fully saturated rings. The molecular weight excluding hydrogens is 444 g/mol. The van der Waals surface area contributed by atoms with Gasteiger partial charge in [-0.05, 0) is 49.6 Å². The van der Waals surface area contributed by atoms with Crippen LogP contribution in [0.15, 0.2) is 60.0 Å². The van der Waals surface area contributed by atoms with Crippen molar-refractivity contribution in [1.82, 2.24) is 19.1 Å². The number of piperidine rings is 1. The van der Waals surface area contributed by atoms with Gasteiger partial charge in [-0.25, -0.2) is 18.1 Å². The molecule has 0 bridgehead atoms. The summed E-state index contributed by atoms with van der Waals surface area (Å²) in [6.07, 6.45) is 5.66. The maximum atomic E-state index is 13.0. The fourth-order valence-corrected chi connectivity index (χ4v) is 5.58. The van der Waals surface area contributed by atoms with E-state index in [1.165, 1.54) is 28.8 Å². The van der Waals surface area contributed by atoms with Crippen molar-refractivity contribution in [1.29, 1.82) is 0 Å². The lowest BCUT2D eigenvalue weighted by Crippen LogP contribution is -2.35. The van der Waals surface area contributed by atoms with Crippen molar-refractivity contribution in [3.63, 3.8) is 0 Å². The third-order valence-electron chi connectivity index (χ3n) is 6.12. The first kappa shape index (κ1) is 22.9. The molecule has 174 valence electrons. The third-order valence-corrected chi connectivity index (χ3v) is 8.01. The minimum atomic E-state index is -3.76. The first-order valence-corrected chi connectivity index (χ1v) is 12.2. The summed E-state index contributed by atoms with van der Waals surface area (Å²) in [6.45, 7) is 2.82. The predicted octanol–water partition coefficient (Wildman–Crippen LogP) is 3.55. The summed E-state index contributed by atoms with van der Waals surface area (Å²) in [6, 6.07) is 11.6. The van der Waals surface area contributed by atoms with E-state index in [2.05, 4.69) is 10.1 Å². The van der Waals surface area contributed by atoms with E-state index in [-0.39, 0.29) is 16.6 Å². The Balaban J connectivity index is 1.61. The molecule has 0 amide bonds. The molecule has 1 atom stereocenters. The van der Waals surface area contributed by atoms with Crippen molar-refractivity contribution in [3.05, 3.63) is 70.8 Å². The van der Waals surface area contributed by atoms with Crippen LogP contribution in [0.3, 0.4) is 0 Å². The highest BCUT2D eigenvalue weighted by Crippen LogP contribution is 2.35. The highest BCUT2D eigenvalue weighted by atomic mass is 32.2. The van der Waals surface area contributed by atoms with Gasteiger partial charge in [0.15, 0.2) is 0 Å². The van der Waals surface area contributed by atoms with Crippen LogP contribution in [0, 0.1) is 10.1 Å². The van der Waals surface area contributed by atoms with Crippen LogP contribution in [-0.2, 0) is 10.0 Å². The monoisotopic (exact) mass is 470 g/mol. The molecule has 0 spiro atoms. The summed E-state index contributed by atoms with van der Waals surface area (Å²) in [4.78, 5) is 17.0. The number of nitro groups is 1. The molecule has 4 rings (SSSR count). The van der Waals surface area contributed by atoms with Crippen LogP contribution in [0.4, 0.5) is 11.4 Å². The van der Waals surface area contributed by atoms with Gasteiger partial charge in [0.25, 0.3) is 5.69 Å². The van der Waals surface area contributed by atoms with Crippen LogP contribution in [0.1, 0.15) is 37.8 Å². The van der Waals surface area contributed by atoms with Gasteiger partial charge in [-0.3, -0.25) is 10.1 Å². The summed E-state index contributed by atoms with van der Waals surface area (Å²) in [5.74, 6) is 0. The number of anilines is 1. The second kappa shape index (κ2) is 9.28. The molecule has 11 heteroatoms. The standard InChI is InChI=1S/C22H26N6O4S/c1-17(18-6-8-19(9-7-18)27-16-23-15-24-27)25(2)21-11-10-20(14-22(21)28(29)30)33(31,32)26-12-4-3-5-13-26/h6-11,14-17H,3-5,12-13H2,1-2H3. The average Bonchev–Trinajstić information content (AvgIpc) is 3.38. The van der Waals surface area contributed by atoms with E-state index < -0.39 is 14.9 Å². The Bertz CT molecular complexity index is 1220. The number of benzene rings is 2. The molecule has 3 aromatic rings. The van der Waals surface area contributed by atoms with E-state index in [0.717, 1.165) is 30.5 Å². The van der Waals surface area contributed by atoms with Crippen LogP contribution >= 0.6 is 0 Å². The SMILES string of the molecule is CC(c1ccc(-n2cncn2)cc1)N(C)c1ccc(S(=O)(=O)N2CCCCC2)cc1[N+](=O)[O-]. The molecule has 1 aliphatic rings. The zero-order chi connectivity index (χ0) is 23.6. The molecule has 2 aromatic carbocycles. The van der Waals surface area contributed by atoms with Crippen LogP contribution in [-0.4, -0.2) is 52.5 Å². The topological polar surface area (TPSA) is 114 Å². The third kappa shape index (κ3) is 4.60. The summed E-state index contributed by atoms with van der Waals surface area (Å²) in [7, 11) is -2.00. The van der Waals surface area contributed by atoms with Crippen molar-refractivity contribution < 1.29 is 13.3 Å². The van der Waals surface area contributed by atoms with Gasteiger partial charge in [0, 0.05) is 26.2 Å². The molecular formula is C22H26N6O4S. The lowest BCUT2D eigenvalue weighted by Gasteiger charge is -2.28. The molecule has 33 heavy (non-hydrogen) atoms. The van der Waals surface area contributed by atoms with E-state index in [0.29, 0.717) is 18.8 Å². The smallest absolute Gasteiger partial charge is 0.293 e. The molecule has 1 saturated heterocycles.